The van der Waals surface area contributed by atoms with Gasteiger partial charge in [0.2, 0.25) is 0 Å². The van der Waals surface area contributed by atoms with Gasteiger partial charge in [0, 0.05) is 5.56 Å². The van der Waals surface area contributed by atoms with E-state index in [1.54, 1.807) is 18.2 Å². The lowest BCUT2D eigenvalue weighted by atomic mass is 10.1. The molecule has 0 aliphatic heterocycles. The molecule has 57 valence electrons. The van der Waals surface area contributed by atoms with Crippen molar-refractivity contribution in [2.75, 3.05) is 0 Å². The van der Waals surface area contributed by atoms with Crippen LogP contribution in [0.1, 0.15) is 11.1 Å². The van der Waals surface area contributed by atoms with Gasteiger partial charge < -0.3 is 5.11 Å². The molecule has 0 bridgehead atoms. The van der Waals surface area contributed by atoms with Gasteiger partial charge in [0.05, 0.1) is 0 Å². The zero-order chi connectivity index (χ0) is 8.27. The van der Waals surface area contributed by atoms with Gasteiger partial charge in [-0.05, 0) is 25.0 Å². The molecule has 0 amide bonds. The van der Waals surface area contributed by atoms with Crippen LogP contribution in [0.5, 0.6) is 5.75 Å². The first-order chi connectivity index (χ1) is 5.25. The molecule has 0 heterocycles. The summed E-state index contributed by atoms with van der Waals surface area (Å²) in [6.45, 7) is 7.39. The maximum absolute atomic E-state index is 9.33. The van der Waals surface area contributed by atoms with Gasteiger partial charge >= 0.3 is 0 Å². The van der Waals surface area contributed by atoms with Crippen molar-refractivity contribution >= 4 is 0 Å². The van der Waals surface area contributed by atoms with Crippen LogP contribution in [0, 0.1) is 6.92 Å². The monoisotopic (exact) mass is 147 g/mol. The Morgan fingerprint density at radius 1 is 1.45 bits per heavy atom. The summed E-state index contributed by atoms with van der Waals surface area (Å²) in [5, 5.41) is 9.33. The second-order valence-corrected chi connectivity index (χ2v) is 2.41. The predicted molar refractivity (Wildman–Crippen MR) is 46.5 cm³/mol. The summed E-state index contributed by atoms with van der Waals surface area (Å²) in [5.74, 6) is 0.303. The summed E-state index contributed by atoms with van der Waals surface area (Å²) >= 11 is 0. The molecule has 0 spiro atoms. The van der Waals surface area contributed by atoms with E-state index >= 15 is 0 Å². The van der Waals surface area contributed by atoms with Gasteiger partial charge in [0.25, 0.3) is 0 Å². The van der Waals surface area contributed by atoms with Crippen molar-refractivity contribution in [1.82, 2.24) is 0 Å². The largest absolute Gasteiger partial charge is 0.508 e. The Morgan fingerprint density at radius 3 is 2.73 bits per heavy atom. The number of phenolic OH excluding ortho intramolecular Hbond substituents is 1. The highest BCUT2D eigenvalue weighted by Gasteiger charge is 2.00. The van der Waals surface area contributed by atoms with Crippen LogP contribution in [0.4, 0.5) is 0 Å². The third-order valence-corrected chi connectivity index (χ3v) is 1.60. The molecule has 1 aromatic carbocycles. The number of hydrogen-bond donors (Lipinski definition) is 1. The highest BCUT2D eigenvalue weighted by Crippen LogP contribution is 2.20. The Hall–Kier alpha value is -1.24. The normalized spacial score (nSPS) is 9.55. The Balaban J connectivity index is 3.09. The zero-order valence-electron chi connectivity index (χ0n) is 6.38. The van der Waals surface area contributed by atoms with Gasteiger partial charge in [-0.25, -0.2) is 0 Å². The third kappa shape index (κ3) is 1.61. The summed E-state index contributed by atoms with van der Waals surface area (Å²) in [4.78, 5) is 0. The quantitative estimate of drug-likeness (QED) is 0.636. The molecule has 0 aromatic heterocycles. The molecule has 0 fully saturated rings. The molecule has 1 nitrogen and oxygen atoms in total. The number of allylic oxidation sites excluding steroid dienone is 1. The highest BCUT2D eigenvalue weighted by molar-refractivity contribution is 5.41. The average Bonchev–Trinajstić information content (AvgIpc) is 1.97. The van der Waals surface area contributed by atoms with E-state index in [4.69, 9.17) is 0 Å². The van der Waals surface area contributed by atoms with E-state index in [2.05, 4.69) is 13.5 Å². The zero-order valence-corrected chi connectivity index (χ0v) is 6.38. The maximum Gasteiger partial charge on any atom is 0.119 e. The van der Waals surface area contributed by atoms with E-state index in [9.17, 15) is 5.11 Å². The minimum Gasteiger partial charge on any atom is -0.508 e. The Labute approximate surface area is 67.0 Å². The summed E-state index contributed by atoms with van der Waals surface area (Å²) in [7, 11) is 0. The molecule has 1 radical (unpaired) electrons. The van der Waals surface area contributed by atoms with Gasteiger partial charge in [0.1, 0.15) is 5.75 Å². The molecule has 1 heteroatoms. The molecule has 1 N–H and O–H groups in total. The molecule has 0 saturated carbocycles. The number of phenols is 1. The fourth-order valence-electron chi connectivity index (χ4n) is 1.00. The first-order valence-electron chi connectivity index (χ1n) is 3.49. The molecule has 0 atom stereocenters. The van der Waals surface area contributed by atoms with Crippen molar-refractivity contribution in [3.05, 3.63) is 48.9 Å². The van der Waals surface area contributed by atoms with Crippen LogP contribution >= 0.6 is 0 Å². The predicted octanol–water partition coefficient (Wildman–Crippen LogP) is 2.30. The summed E-state index contributed by atoms with van der Waals surface area (Å²) in [6.07, 6.45) is 2.43. The van der Waals surface area contributed by atoms with Crippen LogP contribution in [-0.4, -0.2) is 5.11 Å². The lowest BCUT2D eigenvalue weighted by Crippen LogP contribution is -1.86. The van der Waals surface area contributed by atoms with E-state index in [1.165, 1.54) is 0 Å². The van der Waals surface area contributed by atoms with Crippen molar-refractivity contribution < 1.29 is 5.11 Å². The van der Waals surface area contributed by atoms with Crippen molar-refractivity contribution in [3.63, 3.8) is 0 Å². The SMILES string of the molecule is [CH2]c1cccc(O)c1CC=C. The highest BCUT2D eigenvalue weighted by atomic mass is 16.3. The fourth-order valence-corrected chi connectivity index (χ4v) is 1.00. The van der Waals surface area contributed by atoms with Crippen LogP contribution in [0.2, 0.25) is 0 Å². The first-order valence-corrected chi connectivity index (χ1v) is 3.49. The topological polar surface area (TPSA) is 20.2 Å². The lowest BCUT2D eigenvalue weighted by Gasteiger charge is -2.03. The number of hydrogen-bond acceptors (Lipinski definition) is 1. The molecule has 1 aromatic rings. The van der Waals surface area contributed by atoms with Crippen molar-refractivity contribution in [3.8, 4) is 5.75 Å². The van der Waals surface area contributed by atoms with Crippen molar-refractivity contribution in [1.29, 1.82) is 0 Å². The van der Waals surface area contributed by atoms with Crippen LogP contribution < -0.4 is 0 Å². The summed E-state index contributed by atoms with van der Waals surface area (Å²) in [6, 6.07) is 5.32. The van der Waals surface area contributed by atoms with Gasteiger partial charge in [0.15, 0.2) is 0 Å². The third-order valence-electron chi connectivity index (χ3n) is 1.60. The van der Waals surface area contributed by atoms with Crippen LogP contribution in [0.3, 0.4) is 0 Å². The van der Waals surface area contributed by atoms with E-state index in [-0.39, 0.29) is 0 Å². The van der Waals surface area contributed by atoms with Gasteiger partial charge in [-0.3, -0.25) is 0 Å². The molecular formula is C10H11O. The summed E-state index contributed by atoms with van der Waals surface area (Å²) in [5.41, 5.74) is 1.73. The lowest BCUT2D eigenvalue weighted by molar-refractivity contribution is 0.469. The Bertz CT molecular complexity index is 243. The summed E-state index contributed by atoms with van der Waals surface area (Å²) < 4.78 is 0. The molecule has 0 saturated heterocycles. The molecule has 11 heavy (non-hydrogen) atoms. The minimum absolute atomic E-state index is 0.303. The standard InChI is InChI=1S/C10H11O/c1-3-5-9-8(2)6-4-7-10(9)11/h3-4,6-7,11H,1-2,5H2. The van der Waals surface area contributed by atoms with Gasteiger partial charge in [-0.2, -0.15) is 0 Å². The first kappa shape index (κ1) is 7.86. The molecule has 0 aliphatic carbocycles. The number of benzene rings is 1. The van der Waals surface area contributed by atoms with Gasteiger partial charge in [-0.1, -0.05) is 18.2 Å². The smallest absolute Gasteiger partial charge is 0.119 e. The Morgan fingerprint density at radius 2 is 2.18 bits per heavy atom. The number of rotatable bonds is 2. The van der Waals surface area contributed by atoms with Crippen molar-refractivity contribution in [2.45, 2.75) is 6.42 Å². The molecule has 0 aliphatic rings. The maximum atomic E-state index is 9.33. The van der Waals surface area contributed by atoms with E-state index < -0.39 is 0 Å². The van der Waals surface area contributed by atoms with E-state index in [0.29, 0.717) is 12.2 Å². The second-order valence-electron chi connectivity index (χ2n) is 2.41. The second kappa shape index (κ2) is 3.24. The van der Waals surface area contributed by atoms with Gasteiger partial charge in [-0.15, -0.1) is 6.58 Å². The minimum atomic E-state index is 0.303. The van der Waals surface area contributed by atoms with Crippen LogP contribution in [-0.2, 0) is 6.42 Å². The van der Waals surface area contributed by atoms with Crippen LogP contribution in [0.15, 0.2) is 30.9 Å². The number of aromatic hydroxyl groups is 1. The van der Waals surface area contributed by atoms with Crippen LogP contribution in [0.25, 0.3) is 0 Å². The van der Waals surface area contributed by atoms with Crippen molar-refractivity contribution in [2.24, 2.45) is 0 Å². The molecule has 0 unspecified atom stereocenters. The average molecular weight is 147 g/mol. The molecule has 1 rings (SSSR count). The van der Waals surface area contributed by atoms with E-state index in [0.717, 1.165) is 11.1 Å². The molecular weight excluding hydrogens is 136 g/mol. The fraction of sp³-hybridized carbons (Fsp3) is 0.100. The van der Waals surface area contributed by atoms with E-state index in [1.807, 2.05) is 6.07 Å². The Kier molecular flexibility index (Phi) is 2.32.